The van der Waals surface area contributed by atoms with E-state index < -0.39 is 0 Å². The van der Waals surface area contributed by atoms with Crippen molar-refractivity contribution in [2.24, 2.45) is 5.92 Å². The van der Waals surface area contributed by atoms with Crippen LogP contribution in [0.15, 0.2) is 29.1 Å². The number of carbonyl (C=O) groups excluding carboxylic acids is 1. The summed E-state index contributed by atoms with van der Waals surface area (Å²) in [4.78, 5) is 36.0. The van der Waals surface area contributed by atoms with Crippen molar-refractivity contribution in [1.29, 1.82) is 0 Å². The van der Waals surface area contributed by atoms with Crippen molar-refractivity contribution in [1.82, 2.24) is 14.9 Å². The van der Waals surface area contributed by atoms with Gasteiger partial charge in [0.25, 0.3) is 5.56 Å². The van der Waals surface area contributed by atoms with E-state index in [4.69, 9.17) is 16.6 Å². The summed E-state index contributed by atoms with van der Waals surface area (Å²) in [6.45, 7) is 3.20. The summed E-state index contributed by atoms with van der Waals surface area (Å²) in [5.41, 5.74) is 2.23. The van der Waals surface area contributed by atoms with Crippen molar-refractivity contribution in [3.63, 3.8) is 0 Å². The third kappa shape index (κ3) is 4.46. The van der Waals surface area contributed by atoms with E-state index in [9.17, 15) is 9.59 Å². The Hall–Kier alpha value is -2.14. The SMILES string of the molecule is CCCCC1CN(C(=O)C2CCCCC2)Cc2c1nc(-c1ccc(Cl)cc1)[nH]c2=O. The number of hydrogen-bond acceptors (Lipinski definition) is 3. The van der Waals surface area contributed by atoms with Crippen molar-refractivity contribution in [2.75, 3.05) is 6.54 Å². The first-order chi connectivity index (χ1) is 14.6. The lowest BCUT2D eigenvalue weighted by molar-refractivity contribution is -0.138. The molecule has 30 heavy (non-hydrogen) atoms. The first-order valence-corrected chi connectivity index (χ1v) is 11.6. The van der Waals surface area contributed by atoms with E-state index in [0.29, 0.717) is 29.5 Å². The predicted octanol–water partition coefficient (Wildman–Crippen LogP) is 5.29. The Morgan fingerprint density at radius 1 is 1.20 bits per heavy atom. The van der Waals surface area contributed by atoms with E-state index in [2.05, 4.69) is 11.9 Å². The van der Waals surface area contributed by atoms with Gasteiger partial charge in [-0.15, -0.1) is 0 Å². The van der Waals surface area contributed by atoms with Gasteiger partial charge in [-0.3, -0.25) is 9.59 Å². The highest BCUT2D eigenvalue weighted by atomic mass is 35.5. The molecule has 1 aromatic heterocycles. The highest BCUT2D eigenvalue weighted by Gasteiger charge is 2.34. The molecule has 1 fully saturated rings. The van der Waals surface area contributed by atoms with Crippen LogP contribution in [0.4, 0.5) is 0 Å². The van der Waals surface area contributed by atoms with Crippen LogP contribution in [0.2, 0.25) is 5.02 Å². The number of benzene rings is 1. The molecular formula is C24H30ClN3O2. The number of fused-ring (bicyclic) bond motifs is 1. The number of aromatic amines is 1. The van der Waals surface area contributed by atoms with Gasteiger partial charge in [-0.1, -0.05) is 50.6 Å². The van der Waals surface area contributed by atoms with Gasteiger partial charge in [-0.2, -0.15) is 0 Å². The van der Waals surface area contributed by atoms with Crippen LogP contribution in [-0.2, 0) is 11.3 Å². The summed E-state index contributed by atoms with van der Waals surface area (Å²) in [6.07, 6.45) is 8.52. The predicted molar refractivity (Wildman–Crippen MR) is 120 cm³/mol. The van der Waals surface area contributed by atoms with Gasteiger partial charge in [0.1, 0.15) is 5.82 Å². The lowest BCUT2D eigenvalue weighted by atomic mass is 9.86. The highest BCUT2D eigenvalue weighted by molar-refractivity contribution is 6.30. The normalized spacial score (nSPS) is 19.5. The maximum atomic E-state index is 13.2. The van der Waals surface area contributed by atoms with E-state index in [-0.39, 0.29) is 23.3 Å². The van der Waals surface area contributed by atoms with Crippen molar-refractivity contribution < 1.29 is 4.79 Å². The standard InChI is InChI=1S/C24H30ClN3O2/c1-2-3-7-18-14-28(24(30)17-8-5-4-6-9-17)15-20-21(18)26-22(27-23(20)29)16-10-12-19(25)13-11-16/h10-13,17-18H,2-9,14-15H2,1H3,(H,26,27,29). The smallest absolute Gasteiger partial charge is 0.256 e. The second kappa shape index (κ2) is 9.34. The molecule has 5 nitrogen and oxygen atoms in total. The summed E-state index contributed by atoms with van der Waals surface area (Å²) < 4.78 is 0. The Labute approximate surface area is 182 Å². The second-order valence-corrected chi connectivity index (χ2v) is 9.11. The first-order valence-electron chi connectivity index (χ1n) is 11.2. The van der Waals surface area contributed by atoms with Gasteiger partial charge >= 0.3 is 0 Å². The van der Waals surface area contributed by atoms with Gasteiger partial charge in [0.2, 0.25) is 5.91 Å². The van der Waals surface area contributed by atoms with Gasteiger partial charge in [-0.05, 0) is 43.5 Å². The molecule has 0 radical (unpaired) electrons. The molecule has 1 amide bonds. The van der Waals surface area contributed by atoms with E-state index in [1.165, 1.54) is 6.42 Å². The van der Waals surface area contributed by atoms with Crippen molar-refractivity contribution >= 4 is 17.5 Å². The molecule has 1 N–H and O–H groups in total. The van der Waals surface area contributed by atoms with Crippen LogP contribution in [0.5, 0.6) is 0 Å². The van der Waals surface area contributed by atoms with Crippen LogP contribution >= 0.6 is 11.6 Å². The molecule has 4 rings (SSSR count). The largest absolute Gasteiger partial charge is 0.337 e. The van der Waals surface area contributed by atoms with Gasteiger partial charge in [0.05, 0.1) is 17.8 Å². The Morgan fingerprint density at radius 2 is 1.93 bits per heavy atom. The van der Waals surface area contributed by atoms with Crippen LogP contribution in [0.25, 0.3) is 11.4 Å². The van der Waals surface area contributed by atoms with E-state index in [1.807, 2.05) is 17.0 Å². The Balaban J connectivity index is 1.67. The summed E-state index contributed by atoms with van der Waals surface area (Å²) in [7, 11) is 0. The molecule has 1 saturated carbocycles. The van der Waals surface area contributed by atoms with Gasteiger partial charge in [0, 0.05) is 29.0 Å². The summed E-state index contributed by atoms with van der Waals surface area (Å²) >= 11 is 6.01. The molecule has 0 saturated heterocycles. The first kappa shape index (κ1) is 21.1. The number of hydrogen-bond donors (Lipinski definition) is 1. The number of carbonyl (C=O) groups is 1. The molecule has 2 aliphatic rings. The van der Waals surface area contributed by atoms with Crippen LogP contribution < -0.4 is 5.56 Å². The monoisotopic (exact) mass is 427 g/mol. The zero-order valence-corrected chi connectivity index (χ0v) is 18.4. The fourth-order valence-corrected chi connectivity index (χ4v) is 4.94. The number of amides is 1. The fourth-order valence-electron chi connectivity index (χ4n) is 4.81. The molecule has 160 valence electrons. The van der Waals surface area contributed by atoms with Crippen LogP contribution in [0, 0.1) is 5.92 Å². The number of nitrogens with zero attached hydrogens (tertiary/aromatic N) is 2. The summed E-state index contributed by atoms with van der Waals surface area (Å²) in [5.74, 6) is 1.02. The summed E-state index contributed by atoms with van der Waals surface area (Å²) in [5, 5.41) is 0.650. The molecule has 2 aromatic rings. The highest BCUT2D eigenvalue weighted by Crippen LogP contribution is 2.33. The quantitative estimate of drug-likeness (QED) is 0.705. The third-order valence-corrected chi connectivity index (χ3v) is 6.77. The maximum absolute atomic E-state index is 13.2. The molecular weight excluding hydrogens is 398 g/mol. The maximum Gasteiger partial charge on any atom is 0.256 e. The number of rotatable bonds is 5. The zero-order chi connectivity index (χ0) is 21.1. The molecule has 1 aliphatic heterocycles. The number of aromatic nitrogens is 2. The van der Waals surface area contributed by atoms with E-state index in [1.54, 1.807) is 12.1 Å². The molecule has 1 atom stereocenters. The second-order valence-electron chi connectivity index (χ2n) is 8.68. The average molecular weight is 428 g/mol. The minimum absolute atomic E-state index is 0.106. The lowest BCUT2D eigenvalue weighted by Crippen LogP contribution is -2.44. The number of H-pyrrole nitrogens is 1. The molecule has 6 heteroatoms. The number of nitrogens with one attached hydrogen (secondary N) is 1. The van der Waals surface area contributed by atoms with Gasteiger partial charge in [0.15, 0.2) is 0 Å². The molecule has 1 unspecified atom stereocenters. The van der Waals surface area contributed by atoms with Crippen molar-refractivity contribution in [2.45, 2.75) is 70.8 Å². The number of halogens is 1. The van der Waals surface area contributed by atoms with Crippen LogP contribution in [0.3, 0.4) is 0 Å². The Bertz CT molecular complexity index is 948. The van der Waals surface area contributed by atoms with E-state index in [0.717, 1.165) is 56.2 Å². The Morgan fingerprint density at radius 3 is 2.63 bits per heavy atom. The van der Waals surface area contributed by atoms with Crippen molar-refractivity contribution in [3.05, 3.63) is 50.9 Å². The minimum Gasteiger partial charge on any atom is -0.337 e. The lowest BCUT2D eigenvalue weighted by Gasteiger charge is -2.36. The number of unbranched alkanes of at least 4 members (excludes halogenated alkanes) is 1. The fraction of sp³-hybridized carbons (Fsp3) is 0.542. The van der Waals surface area contributed by atoms with E-state index >= 15 is 0 Å². The molecule has 0 spiro atoms. The van der Waals surface area contributed by atoms with Crippen molar-refractivity contribution in [3.8, 4) is 11.4 Å². The van der Waals surface area contributed by atoms with Gasteiger partial charge < -0.3 is 9.88 Å². The topological polar surface area (TPSA) is 66.1 Å². The zero-order valence-electron chi connectivity index (χ0n) is 17.6. The molecule has 1 aromatic carbocycles. The molecule has 2 heterocycles. The molecule has 1 aliphatic carbocycles. The van der Waals surface area contributed by atoms with Crippen LogP contribution in [0.1, 0.15) is 75.5 Å². The van der Waals surface area contributed by atoms with Crippen LogP contribution in [-0.4, -0.2) is 27.3 Å². The Kier molecular flexibility index (Phi) is 6.57. The van der Waals surface area contributed by atoms with Gasteiger partial charge in [-0.25, -0.2) is 4.98 Å². The summed E-state index contributed by atoms with van der Waals surface area (Å²) in [6, 6.07) is 7.34. The minimum atomic E-state index is -0.132. The third-order valence-electron chi connectivity index (χ3n) is 6.51. The average Bonchev–Trinajstić information content (AvgIpc) is 2.78. The molecule has 0 bridgehead atoms.